The number of hydrogen-bond donors (Lipinski definition) is 3. The molecule has 0 radical (unpaired) electrons. The molecular formula is C13H27N3O4S. The normalized spacial score (nSPS) is 18.5. The van der Waals surface area contributed by atoms with Crippen molar-refractivity contribution in [3.8, 4) is 0 Å². The molecule has 0 heterocycles. The van der Waals surface area contributed by atoms with E-state index in [0.717, 1.165) is 12.8 Å². The maximum absolute atomic E-state index is 11.9. The average molecular weight is 321 g/mol. The number of nitrogens with two attached hydrogens (primary N) is 1. The molecule has 124 valence electrons. The highest BCUT2D eigenvalue weighted by Gasteiger charge is 2.41. The summed E-state index contributed by atoms with van der Waals surface area (Å²) in [6.45, 7) is 5.74. The molecule has 0 saturated heterocycles. The van der Waals surface area contributed by atoms with Crippen LogP contribution in [0.4, 0.5) is 0 Å². The van der Waals surface area contributed by atoms with Gasteiger partial charge in [-0.3, -0.25) is 4.79 Å². The molecule has 1 aliphatic carbocycles. The SMILES string of the molecule is CC(C)OCCS(=O)(=O)NCC(=O)NC(C)(CN)C1CC1. The molecule has 1 unspecified atom stereocenters. The van der Waals surface area contributed by atoms with E-state index in [-0.39, 0.29) is 30.9 Å². The number of nitrogens with one attached hydrogen (secondary N) is 2. The van der Waals surface area contributed by atoms with Gasteiger partial charge in [-0.25, -0.2) is 13.1 Å². The van der Waals surface area contributed by atoms with E-state index in [1.807, 2.05) is 20.8 Å². The van der Waals surface area contributed by atoms with Crippen molar-refractivity contribution in [3.05, 3.63) is 0 Å². The predicted molar refractivity (Wildman–Crippen MR) is 81.2 cm³/mol. The van der Waals surface area contributed by atoms with Crippen molar-refractivity contribution in [3.63, 3.8) is 0 Å². The van der Waals surface area contributed by atoms with Crippen molar-refractivity contribution < 1.29 is 17.9 Å². The zero-order valence-electron chi connectivity index (χ0n) is 13.0. The highest BCUT2D eigenvalue weighted by molar-refractivity contribution is 7.89. The smallest absolute Gasteiger partial charge is 0.235 e. The number of sulfonamides is 1. The number of carbonyl (C=O) groups excluding carboxylic acids is 1. The summed E-state index contributed by atoms with van der Waals surface area (Å²) in [6.07, 6.45) is 2.07. The lowest BCUT2D eigenvalue weighted by atomic mass is 9.96. The van der Waals surface area contributed by atoms with Crippen molar-refractivity contribution in [2.24, 2.45) is 11.7 Å². The van der Waals surface area contributed by atoms with Gasteiger partial charge in [-0.05, 0) is 39.5 Å². The van der Waals surface area contributed by atoms with Gasteiger partial charge in [0.1, 0.15) is 0 Å². The van der Waals surface area contributed by atoms with Crippen molar-refractivity contribution >= 4 is 15.9 Å². The molecule has 4 N–H and O–H groups in total. The van der Waals surface area contributed by atoms with Gasteiger partial charge in [0, 0.05) is 6.54 Å². The molecule has 1 amide bonds. The lowest BCUT2D eigenvalue weighted by molar-refractivity contribution is -0.121. The third-order valence-electron chi connectivity index (χ3n) is 3.58. The summed E-state index contributed by atoms with van der Waals surface area (Å²) in [7, 11) is -3.51. The molecule has 1 saturated carbocycles. The minimum atomic E-state index is -3.51. The second kappa shape index (κ2) is 7.53. The first kappa shape index (κ1) is 18.3. The standard InChI is InChI=1S/C13H27N3O4S/c1-10(2)20-6-7-21(18,19)15-8-12(17)16-13(3,9-14)11-4-5-11/h10-11,15H,4-9,14H2,1-3H3,(H,16,17). The maximum atomic E-state index is 11.9. The second-order valence-electron chi connectivity index (χ2n) is 6.00. The summed E-state index contributed by atoms with van der Waals surface area (Å²) < 4.78 is 30.9. The third-order valence-corrected chi connectivity index (χ3v) is 4.87. The fourth-order valence-corrected chi connectivity index (χ4v) is 2.86. The van der Waals surface area contributed by atoms with Crippen LogP contribution in [0, 0.1) is 5.92 Å². The molecule has 1 rings (SSSR count). The number of carbonyl (C=O) groups is 1. The molecule has 1 aliphatic rings. The maximum Gasteiger partial charge on any atom is 0.235 e. The van der Waals surface area contributed by atoms with Gasteiger partial charge in [0.15, 0.2) is 0 Å². The van der Waals surface area contributed by atoms with E-state index in [4.69, 9.17) is 10.5 Å². The lowest BCUT2D eigenvalue weighted by Gasteiger charge is -2.29. The number of ether oxygens (including phenoxy) is 1. The van der Waals surface area contributed by atoms with Crippen molar-refractivity contribution in [2.45, 2.75) is 45.3 Å². The van der Waals surface area contributed by atoms with Crippen LogP contribution in [-0.4, -0.2) is 51.4 Å². The van der Waals surface area contributed by atoms with Crippen LogP contribution in [0.25, 0.3) is 0 Å². The van der Waals surface area contributed by atoms with E-state index < -0.39 is 15.6 Å². The van der Waals surface area contributed by atoms with E-state index in [0.29, 0.717) is 12.5 Å². The van der Waals surface area contributed by atoms with Crippen LogP contribution in [0.1, 0.15) is 33.6 Å². The van der Waals surface area contributed by atoms with Gasteiger partial charge < -0.3 is 15.8 Å². The molecule has 21 heavy (non-hydrogen) atoms. The monoisotopic (exact) mass is 321 g/mol. The van der Waals surface area contributed by atoms with Crippen LogP contribution in [0.15, 0.2) is 0 Å². The van der Waals surface area contributed by atoms with Gasteiger partial charge >= 0.3 is 0 Å². The Bertz CT molecular complexity index is 448. The average Bonchev–Trinajstić information content (AvgIpc) is 3.20. The van der Waals surface area contributed by atoms with Crippen LogP contribution in [0.2, 0.25) is 0 Å². The molecule has 0 spiro atoms. The highest BCUT2D eigenvalue weighted by atomic mass is 32.2. The van der Waals surface area contributed by atoms with Crippen molar-refractivity contribution in [2.75, 3.05) is 25.4 Å². The molecule has 8 heteroatoms. The Kier molecular flexibility index (Phi) is 6.58. The minimum absolute atomic E-state index is 0.0210. The van der Waals surface area contributed by atoms with Gasteiger partial charge in [-0.2, -0.15) is 0 Å². The predicted octanol–water partition coefficient (Wildman–Crippen LogP) is -0.426. The molecule has 1 fully saturated rings. The number of hydrogen-bond acceptors (Lipinski definition) is 5. The van der Waals surface area contributed by atoms with Crippen LogP contribution >= 0.6 is 0 Å². The zero-order valence-corrected chi connectivity index (χ0v) is 13.8. The number of rotatable bonds is 10. The quantitative estimate of drug-likeness (QED) is 0.506. The van der Waals surface area contributed by atoms with Crippen LogP contribution in [0.5, 0.6) is 0 Å². The van der Waals surface area contributed by atoms with Gasteiger partial charge in [-0.15, -0.1) is 0 Å². The van der Waals surface area contributed by atoms with Crippen molar-refractivity contribution in [1.29, 1.82) is 0 Å². The summed E-state index contributed by atoms with van der Waals surface area (Å²) in [5, 5.41) is 2.83. The molecule has 0 aromatic carbocycles. The third kappa shape index (κ3) is 6.73. The molecule has 0 aromatic heterocycles. The Morgan fingerprint density at radius 3 is 2.52 bits per heavy atom. The molecule has 0 bridgehead atoms. The first-order chi connectivity index (χ1) is 9.68. The van der Waals surface area contributed by atoms with Crippen LogP contribution in [0.3, 0.4) is 0 Å². The van der Waals surface area contributed by atoms with Gasteiger partial charge in [0.05, 0.1) is 30.5 Å². The van der Waals surface area contributed by atoms with Crippen molar-refractivity contribution in [1.82, 2.24) is 10.0 Å². The molecule has 7 nitrogen and oxygen atoms in total. The lowest BCUT2D eigenvalue weighted by Crippen LogP contribution is -2.55. The number of amides is 1. The minimum Gasteiger partial charge on any atom is -0.378 e. The second-order valence-corrected chi connectivity index (χ2v) is 7.93. The summed E-state index contributed by atoms with van der Waals surface area (Å²) >= 11 is 0. The molecule has 0 aromatic rings. The highest BCUT2D eigenvalue weighted by Crippen LogP contribution is 2.38. The zero-order chi connectivity index (χ0) is 16.1. The van der Waals surface area contributed by atoms with E-state index in [1.165, 1.54) is 0 Å². The summed E-state index contributed by atoms with van der Waals surface area (Å²) in [4.78, 5) is 11.9. The topological polar surface area (TPSA) is 111 Å². The Morgan fingerprint density at radius 1 is 1.43 bits per heavy atom. The Balaban J connectivity index is 2.34. The van der Waals surface area contributed by atoms with E-state index in [1.54, 1.807) is 0 Å². The Labute approximate surface area is 127 Å². The van der Waals surface area contributed by atoms with Gasteiger partial charge in [0.25, 0.3) is 0 Å². The first-order valence-electron chi connectivity index (χ1n) is 7.28. The Morgan fingerprint density at radius 2 is 2.05 bits per heavy atom. The van der Waals surface area contributed by atoms with E-state index in [2.05, 4.69) is 10.0 Å². The largest absolute Gasteiger partial charge is 0.378 e. The van der Waals surface area contributed by atoms with E-state index in [9.17, 15) is 13.2 Å². The van der Waals surface area contributed by atoms with Gasteiger partial charge in [-0.1, -0.05) is 0 Å². The molecule has 1 atom stereocenters. The molecule has 0 aliphatic heterocycles. The fourth-order valence-electron chi connectivity index (χ4n) is 2.04. The Hall–Kier alpha value is -0.700. The van der Waals surface area contributed by atoms with Crippen LogP contribution < -0.4 is 15.8 Å². The van der Waals surface area contributed by atoms with Gasteiger partial charge in [0.2, 0.25) is 15.9 Å². The summed E-state index contributed by atoms with van der Waals surface area (Å²) in [6, 6.07) is 0. The van der Waals surface area contributed by atoms with E-state index >= 15 is 0 Å². The summed E-state index contributed by atoms with van der Waals surface area (Å²) in [5.74, 6) is -0.124. The molecular weight excluding hydrogens is 294 g/mol. The van der Waals surface area contributed by atoms with Crippen LogP contribution in [-0.2, 0) is 19.6 Å². The summed E-state index contributed by atoms with van der Waals surface area (Å²) in [5.41, 5.74) is 5.26. The fraction of sp³-hybridized carbons (Fsp3) is 0.923. The first-order valence-corrected chi connectivity index (χ1v) is 8.94.